The van der Waals surface area contributed by atoms with Crippen LogP contribution in [0.5, 0.6) is 5.75 Å². The zero-order valence-electron chi connectivity index (χ0n) is 23.4. The molecular formula is C30H35N7O4. The summed E-state index contributed by atoms with van der Waals surface area (Å²) in [5.41, 5.74) is 6.89. The van der Waals surface area contributed by atoms with E-state index in [1.165, 1.54) is 6.33 Å². The van der Waals surface area contributed by atoms with Crippen LogP contribution in [0.15, 0.2) is 67.1 Å². The summed E-state index contributed by atoms with van der Waals surface area (Å²) in [5.74, 6) is 0.842. The number of para-hydroxylation sites is 1. The predicted molar refractivity (Wildman–Crippen MR) is 158 cm³/mol. The Kier molecular flexibility index (Phi) is 7.69. The Morgan fingerprint density at radius 1 is 1.05 bits per heavy atom. The van der Waals surface area contributed by atoms with Crippen molar-refractivity contribution in [1.82, 2.24) is 20.3 Å². The molecule has 0 radical (unpaired) electrons. The minimum atomic E-state index is -1.24. The number of ether oxygens (including phenoxy) is 2. The average Bonchev–Trinajstić information content (AvgIpc) is 3.43. The fourth-order valence-corrected chi connectivity index (χ4v) is 4.87. The number of amides is 2. The standard InChI is InChI=1S/C30H35N7O4/c1-29(2,3)41-28(39)36-30(13-16-37(17-14-30)26-21-12-15-32-25(21)33-19-34-26)27(38)35-22-10-7-11-23(24(22)31)40-18-20-8-5-4-6-9-20/h4-12,15,19H,13-14,16-18,31H2,1-3H3,(H,35,38)(H,36,39)(H,32,33,34). The van der Waals surface area contributed by atoms with E-state index >= 15 is 0 Å². The topological polar surface area (TPSA) is 147 Å². The normalized spacial score (nSPS) is 14.9. The molecule has 11 nitrogen and oxygen atoms in total. The fraction of sp³-hybridized carbons (Fsp3) is 0.333. The van der Waals surface area contributed by atoms with Crippen LogP contribution in [0.1, 0.15) is 39.2 Å². The molecule has 41 heavy (non-hydrogen) atoms. The van der Waals surface area contributed by atoms with Crippen molar-refractivity contribution < 1.29 is 19.1 Å². The van der Waals surface area contributed by atoms with Crippen LogP contribution < -0.4 is 26.0 Å². The number of benzene rings is 2. The Labute approximate surface area is 238 Å². The average molecular weight is 558 g/mol. The first-order valence-corrected chi connectivity index (χ1v) is 13.5. The van der Waals surface area contributed by atoms with Crippen molar-refractivity contribution in [3.63, 3.8) is 0 Å². The van der Waals surface area contributed by atoms with Crippen molar-refractivity contribution in [1.29, 1.82) is 0 Å². The molecule has 0 unspecified atom stereocenters. The van der Waals surface area contributed by atoms with Gasteiger partial charge in [-0.3, -0.25) is 4.79 Å². The second-order valence-electron chi connectivity index (χ2n) is 11.1. The summed E-state index contributed by atoms with van der Waals surface area (Å²) in [6, 6.07) is 16.9. The summed E-state index contributed by atoms with van der Waals surface area (Å²) in [7, 11) is 0. The molecule has 0 bridgehead atoms. The molecule has 2 aromatic carbocycles. The number of aromatic nitrogens is 3. The SMILES string of the molecule is CC(C)(C)OC(=O)NC1(C(=O)Nc2cccc(OCc3ccccc3)c2N)CCN(c2ncnc3[nH]ccc23)CC1. The van der Waals surface area contributed by atoms with E-state index in [0.29, 0.717) is 49.7 Å². The Hall–Kier alpha value is -4.80. The number of nitrogens with zero attached hydrogens (tertiary/aromatic N) is 3. The summed E-state index contributed by atoms with van der Waals surface area (Å²) < 4.78 is 11.5. The lowest BCUT2D eigenvalue weighted by Gasteiger charge is -2.41. The number of hydrogen-bond donors (Lipinski definition) is 4. The van der Waals surface area contributed by atoms with Gasteiger partial charge in [0.2, 0.25) is 5.91 Å². The smallest absolute Gasteiger partial charge is 0.408 e. The van der Waals surface area contributed by atoms with Crippen LogP contribution in [0.2, 0.25) is 0 Å². The van der Waals surface area contributed by atoms with E-state index in [-0.39, 0.29) is 5.91 Å². The number of hydrogen-bond acceptors (Lipinski definition) is 8. The monoisotopic (exact) mass is 557 g/mol. The number of nitrogen functional groups attached to an aromatic ring is 1. The van der Waals surface area contributed by atoms with Gasteiger partial charge in [-0.05, 0) is 57.4 Å². The predicted octanol–water partition coefficient (Wildman–Crippen LogP) is 4.62. The molecule has 1 aliphatic rings. The van der Waals surface area contributed by atoms with Gasteiger partial charge in [0.05, 0.1) is 16.8 Å². The number of carbonyl (C=O) groups excluding carboxylic acids is 2. The number of anilines is 3. The maximum absolute atomic E-state index is 13.9. The van der Waals surface area contributed by atoms with Gasteiger partial charge in [-0.25, -0.2) is 14.8 Å². The van der Waals surface area contributed by atoms with E-state index in [1.54, 1.807) is 39.0 Å². The van der Waals surface area contributed by atoms with E-state index in [4.69, 9.17) is 15.2 Å². The zero-order chi connectivity index (χ0) is 29.0. The third-order valence-corrected chi connectivity index (χ3v) is 6.98. The zero-order valence-corrected chi connectivity index (χ0v) is 23.4. The number of rotatable bonds is 7. The lowest BCUT2D eigenvalue weighted by molar-refractivity contribution is -0.123. The molecule has 4 aromatic rings. The highest BCUT2D eigenvalue weighted by molar-refractivity contribution is 6.02. The third kappa shape index (κ3) is 6.34. The Morgan fingerprint density at radius 3 is 2.54 bits per heavy atom. The molecule has 11 heteroatoms. The molecule has 1 aliphatic heterocycles. The maximum atomic E-state index is 13.9. The molecular weight excluding hydrogens is 522 g/mol. The van der Waals surface area contributed by atoms with Gasteiger partial charge in [0.15, 0.2) is 0 Å². The molecule has 1 saturated heterocycles. The van der Waals surface area contributed by atoms with Crippen LogP contribution in [0, 0.1) is 0 Å². The molecule has 0 saturated carbocycles. The summed E-state index contributed by atoms with van der Waals surface area (Å²) >= 11 is 0. The number of piperidine rings is 1. The molecule has 1 fully saturated rings. The molecule has 3 heterocycles. The van der Waals surface area contributed by atoms with Crippen LogP contribution in [0.25, 0.3) is 11.0 Å². The molecule has 0 aliphatic carbocycles. The van der Waals surface area contributed by atoms with Crippen molar-refractivity contribution >= 4 is 40.2 Å². The highest BCUT2D eigenvalue weighted by Crippen LogP contribution is 2.34. The summed E-state index contributed by atoms with van der Waals surface area (Å²) in [6.45, 7) is 6.61. The first kappa shape index (κ1) is 27.8. The Bertz CT molecular complexity index is 1520. The van der Waals surface area contributed by atoms with E-state index in [1.807, 2.05) is 42.6 Å². The van der Waals surface area contributed by atoms with Crippen LogP contribution in [0.3, 0.4) is 0 Å². The Morgan fingerprint density at radius 2 is 1.80 bits per heavy atom. The minimum Gasteiger partial charge on any atom is -0.487 e. The van der Waals surface area contributed by atoms with E-state index < -0.39 is 17.2 Å². The van der Waals surface area contributed by atoms with E-state index in [2.05, 4.69) is 30.5 Å². The van der Waals surface area contributed by atoms with Gasteiger partial charge in [0.25, 0.3) is 0 Å². The van der Waals surface area contributed by atoms with Gasteiger partial charge in [0.1, 0.15) is 41.3 Å². The first-order valence-electron chi connectivity index (χ1n) is 13.5. The summed E-state index contributed by atoms with van der Waals surface area (Å²) in [5, 5.41) is 6.72. The maximum Gasteiger partial charge on any atom is 0.408 e. The summed E-state index contributed by atoms with van der Waals surface area (Å²) in [4.78, 5) is 40.8. The number of carbonyl (C=O) groups is 2. The van der Waals surface area contributed by atoms with Gasteiger partial charge in [0, 0.05) is 19.3 Å². The molecule has 2 aromatic heterocycles. The van der Waals surface area contributed by atoms with Gasteiger partial charge in [-0.2, -0.15) is 0 Å². The minimum absolute atomic E-state index is 0.303. The number of nitrogens with one attached hydrogen (secondary N) is 3. The van der Waals surface area contributed by atoms with Crippen molar-refractivity contribution in [3.05, 3.63) is 72.7 Å². The van der Waals surface area contributed by atoms with Crippen molar-refractivity contribution in [2.75, 3.05) is 29.0 Å². The first-order chi connectivity index (χ1) is 19.6. The highest BCUT2D eigenvalue weighted by Gasteiger charge is 2.44. The lowest BCUT2D eigenvalue weighted by atomic mass is 9.86. The number of H-pyrrole nitrogens is 1. The van der Waals surface area contributed by atoms with Crippen LogP contribution in [0.4, 0.5) is 22.0 Å². The molecule has 214 valence electrons. The van der Waals surface area contributed by atoms with E-state index in [0.717, 1.165) is 22.4 Å². The van der Waals surface area contributed by atoms with Crippen molar-refractivity contribution in [3.8, 4) is 5.75 Å². The molecule has 5 N–H and O–H groups in total. The number of nitrogens with two attached hydrogens (primary N) is 1. The van der Waals surface area contributed by atoms with Crippen molar-refractivity contribution in [2.24, 2.45) is 0 Å². The lowest BCUT2D eigenvalue weighted by Crippen LogP contribution is -2.62. The second-order valence-corrected chi connectivity index (χ2v) is 11.1. The van der Waals surface area contributed by atoms with Crippen LogP contribution in [-0.2, 0) is 16.1 Å². The van der Waals surface area contributed by atoms with Gasteiger partial charge < -0.3 is 35.7 Å². The molecule has 0 spiro atoms. The largest absolute Gasteiger partial charge is 0.487 e. The third-order valence-electron chi connectivity index (χ3n) is 6.98. The number of aromatic amines is 1. The molecule has 2 amide bonds. The Balaban J connectivity index is 1.35. The number of alkyl carbamates (subject to hydrolysis) is 1. The molecule has 0 atom stereocenters. The van der Waals surface area contributed by atoms with Gasteiger partial charge in [-0.15, -0.1) is 0 Å². The second kappa shape index (κ2) is 11.4. The molecule has 5 rings (SSSR count). The number of fused-ring (bicyclic) bond motifs is 1. The van der Waals surface area contributed by atoms with Crippen molar-refractivity contribution in [2.45, 2.75) is 51.4 Å². The van der Waals surface area contributed by atoms with E-state index in [9.17, 15) is 9.59 Å². The summed E-state index contributed by atoms with van der Waals surface area (Å²) in [6.07, 6.45) is 3.30. The van der Waals surface area contributed by atoms with Crippen LogP contribution in [-0.4, -0.2) is 51.2 Å². The van der Waals surface area contributed by atoms with Gasteiger partial charge >= 0.3 is 6.09 Å². The van der Waals surface area contributed by atoms with Crippen LogP contribution >= 0.6 is 0 Å². The highest BCUT2D eigenvalue weighted by atomic mass is 16.6. The fourth-order valence-electron chi connectivity index (χ4n) is 4.87. The van der Waals surface area contributed by atoms with Gasteiger partial charge in [-0.1, -0.05) is 36.4 Å². The quantitative estimate of drug-likeness (QED) is 0.241.